The molecule has 8 N–H and O–H groups in total. The van der Waals surface area contributed by atoms with Crippen LogP contribution in [0.25, 0.3) is 0 Å². The van der Waals surface area contributed by atoms with Crippen LogP contribution < -0.4 is 0 Å². The van der Waals surface area contributed by atoms with Crippen molar-refractivity contribution in [1.29, 1.82) is 0 Å². The second-order valence-electron chi connectivity index (χ2n) is 4.52. The van der Waals surface area contributed by atoms with Crippen LogP contribution in [0.5, 0.6) is 0 Å². The zero-order valence-electron chi connectivity index (χ0n) is 10.0. The SMILES string of the molecule is OC[C@@H](O)[C@@H](O)C(O)[C@@H]1O[C@H](CO)[C@@H](O)[C@H](O)[C@@H]1O. The van der Waals surface area contributed by atoms with Gasteiger partial charge in [0.1, 0.15) is 48.8 Å². The molecular weight excluding hydrogens is 264 g/mol. The van der Waals surface area contributed by atoms with Gasteiger partial charge in [-0.25, -0.2) is 0 Å². The summed E-state index contributed by atoms with van der Waals surface area (Å²) in [4.78, 5) is 0. The maximum absolute atomic E-state index is 9.75. The van der Waals surface area contributed by atoms with Crippen molar-refractivity contribution >= 4 is 0 Å². The van der Waals surface area contributed by atoms with Gasteiger partial charge in [-0.1, -0.05) is 0 Å². The third kappa shape index (κ3) is 3.40. The Hall–Kier alpha value is -0.360. The summed E-state index contributed by atoms with van der Waals surface area (Å²) in [6, 6.07) is 0. The summed E-state index contributed by atoms with van der Waals surface area (Å²) in [5.41, 5.74) is 0. The first-order valence-corrected chi connectivity index (χ1v) is 5.80. The van der Waals surface area contributed by atoms with Crippen molar-refractivity contribution < 1.29 is 45.6 Å². The second kappa shape index (κ2) is 6.88. The van der Waals surface area contributed by atoms with E-state index in [1.807, 2.05) is 0 Å². The van der Waals surface area contributed by atoms with Gasteiger partial charge >= 0.3 is 0 Å². The minimum atomic E-state index is -1.83. The third-order valence-electron chi connectivity index (χ3n) is 3.20. The van der Waals surface area contributed by atoms with Gasteiger partial charge in [0.05, 0.1) is 13.2 Å². The van der Waals surface area contributed by atoms with Gasteiger partial charge < -0.3 is 45.6 Å². The van der Waals surface area contributed by atoms with Crippen molar-refractivity contribution in [3.05, 3.63) is 0 Å². The first-order chi connectivity index (χ1) is 8.84. The van der Waals surface area contributed by atoms with Gasteiger partial charge in [0.15, 0.2) is 0 Å². The minimum Gasteiger partial charge on any atom is -0.394 e. The fraction of sp³-hybridized carbons (Fsp3) is 1.00. The molecule has 1 rings (SSSR count). The molecule has 0 aromatic rings. The second-order valence-corrected chi connectivity index (χ2v) is 4.52. The molecule has 8 atom stereocenters. The molecule has 0 saturated carbocycles. The van der Waals surface area contributed by atoms with Crippen LogP contribution in [0.1, 0.15) is 0 Å². The third-order valence-corrected chi connectivity index (χ3v) is 3.20. The first-order valence-electron chi connectivity index (χ1n) is 5.80. The van der Waals surface area contributed by atoms with Crippen molar-refractivity contribution in [2.24, 2.45) is 0 Å². The van der Waals surface area contributed by atoms with E-state index in [0.717, 1.165) is 0 Å². The fourth-order valence-electron chi connectivity index (χ4n) is 1.94. The summed E-state index contributed by atoms with van der Waals surface area (Å²) in [6.45, 7) is -1.50. The van der Waals surface area contributed by atoms with Crippen LogP contribution in [0.4, 0.5) is 0 Å². The smallest absolute Gasteiger partial charge is 0.115 e. The highest BCUT2D eigenvalue weighted by Gasteiger charge is 2.48. The fourth-order valence-corrected chi connectivity index (χ4v) is 1.94. The maximum atomic E-state index is 9.75. The molecular formula is C10H20O9. The van der Waals surface area contributed by atoms with E-state index >= 15 is 0 Å². The molecule has 1 aliphatic heterocycles. The Kier molecular flexibility index (Phi) is 6.05. The molecule has 0 spiro atoms. The molecule has 9 heteroatoms. The predicted octanol–water partition coefficient (Wildman–Crippen LogP) is -5.10. The van der Waals surface area contributed by atoms with Gasteiger partial charge in [-0.3, -0.25) is 0 Å². The van der Waals surface area contributed by atoms with Gasteiger partial charge in [0.25, 0.3) is 0 Å². The molecule has 0 amide bonds. The molecule has 1 aliphatic rings. The van der Waals surface area contributed by atoms with E-state index in [1.54, 1.807) is 0 Å². The summed E-state index contributed by atoms with van der Waals surface area (Å²) in [5.74, 6) is 0. The summed E-state index contributed by atoms with van der Waals surface area (Å²) >= 11 is 0. The van der Waals surface area contributed by atoms with Crippen LogP contribution >= 0.6 is 0 Å². The van der Waals surface area contributed by atoms with Gasteiger partial charge in [-0.2, -0.15) is 0 Å². The summed E-state index contributed by atoms with van der Waals surface area (Å²) in [5, 5.41) is 74.7. The molecule has 1 saturated heterocycles. The number of hydrogen-bond donors (Lipinski definition) is 8. The van der Waals surface area contributed by atoms with Gasteiger partial charge in [0.2, 0.25) is 0 Å². The molecule has 114 valence electrons. The number of rotatable bonds is 5. The van der Waals surface area contributed by atoms with E-state index in [2.05, 4.69) is 0 Å². The van der Waals surface area contributed by atoms with Crippen LogP contribution in [0.2, 0.25) is 0 Å². The quantitative estimate of drug-likeness (QED) is 0.246. The molecule has 0 bridgehead atoms. The van der Waals surface area contributed by atoms with Crippen LogP contribution in [0.3, 0.4) is 0 Å². The highest BCUT2D eigenvalue weighted by molar-refractivity contribution is 4.97. The van der Waals surface area contributed by atoms with Crippen LogP contribution in [0, 0.1) is 0 Å². The first kappa shape index (κ1) is 16.7. The number of ether oxygens (including phenoxy) is 1. The Bertz CT molecular complexity index is 274. The van der Waals surface area contributed by atoms with Crippen molar-refractivity contribution in [1.82, 2.24) is 0 Å². The lowest BCUT2D eigenvalue weighted by Gasteiger charge is -2.43. The number of hydrogen-bond acceptors (Lipinski definition) is 9. The molecule has 0 aromatic heterocycles. The van der Waals surface area contributed by atoms with E-state index in [0.29, 0.717) is 0 Å². The van der Waals surface area contributed by atoms with Gasteiger partial charge in [-0.15, -0.1) is 0 Å². The zero-order valence-corrected chi connectivity index (χ0v) is 10.0. The highest BCUT2D eigenvalue weighted by Crippen LogP contribution is 2.25. The largest absolute Gasteiger partial charge is 0.394 e. The van der Waals surface area contributed by atoms with Gasteiger partial charge in [0, 0.05) is 0 Å². The summed E-state index contributed by atoms with van der Waals surface area (Å²) < 4.78 is 5.00. The molecule has 1 fully saturated rings. The Labute approximate surface area is 108 Å². The predicted molar refractivity (Wildman–Crippen MR) is 58.9 cm³/mol. The molecule has 9 nitrogen and oxygen atoms in total. The summed E-state index contributed by atoms with van der Waals surface area (Å²) in [7, 11) is 0. The van der Waals surface area contributed by atoms with E-state index in [-0.39, 0.29) is 0 Å². The lowest BCUT2D eigenvalue weighted by Crippen LogP contribution is -2.64. The van der Waals surface area contributed by atoms with E-state index in [4.69, 9.17) is 14.9 Å². The molecule has 19 heavy (non-hydrogen) atoms. The summed E-state index contributed by atoms with van der Waals surface area (Å²) in [6.07, 6.45) is -13.1. The van der Waals surface area contributed by atoms with Crippen molar-refractivity contribution in [2.45, 2.75) is 48.8 Å². The van der Waals surface area contributed by atoms with Gasteiger partial charge in [-0.05, 0) is 0 Å². The molecule has 1 unspecified atom stereocenters. The lowest BCUT2D eigenvalue weighted by molar-refractivity contribution is -0.262. The minimum absolute atomic E-state index is 0.674. The highest BCUT2D eigenvalue weighted by atomic mass is 16.6. The van der Waals surface area contributed by atoms with Crippen molar-refractivity contribution in [2.75, 3.05) is 13.2 Å². The lowest BCUT2D eigenvalue weighted by atomic mass is 9.89. The average Bonchev–Trinajstić information content (AvgIpc) is 2.42. The molecule has 1 heterocycles. The Morgan fingerprint density at radius 3 is 1.95 bits per heavy atom. The molecule has 0 radical (unpaired) electrons. The van der Waals surface area contributed by atoms with Crippen LogP contribution in [-0.4, -0.2) is 103 Å². The topological polar surface area (TPSA) is 171 Å². The number of aliphatic hydroxyl groups excluding tert-OH is 8. The standard InChI is InChI=1S/C10H20O9/c11-1-3(13)5(14)8(17)10-9(18)7(16)6(15)4(2-12)19-10/h3-18H,1-2H2/t3-,4-,5-,6-,7+,8?,9+,10+/m1/s1. The zero-order chi connectivity index (χ0) is 14.7. The van der Waals surface area contributed by atoms with Crippen molar-refractivity contribution in [3.8, 4) is 0 Å². The van der Waals surface area contributed by atoms with E-state index < -0.39 is 62.0 Å². The normalized spacial score (nSPS) is 40.7. The monoisotopic (exact) mass is 284 g/mol. The Morgan fingerprint density at radius 1 is 0.895 bits per heavy atom. The van der Waals surface area contributed by atoms with Crippen molar-refractivity contribution in [3.63, 3.8) is 0 Å². The van der Waals surface area contributed by atoms with E-state index in [1.165, 1.54) is 0 Å². The average molecular weight is 284 g/mol. The Morgan fingerprint density at radius 2 is 1.47 bits per heavy atom. The van der Waals surface area contributed by atoms with Crippen LogP contribution in [-0.2, 0) is 4.74 Å². The molecule has 0 aliphatic carbocycles. The number of aliphatic hydroxyl groups is 8. The maximum Gasteiger partial charge on any atom is 0.115 e. The van der Waals surface area contributed by atoms with Crippen LogP contribution in [0.15, 0.2) is 0 Å². The van der Waals surface area contributed by atoms with E-state index in [9.17, 15) is 30.6 Å². The Balaban J connectivity index is 2.80. The molecule has 0 aromatic carbocycles.